The number of amides is 1. The predicted molar refractivity (Wildman–Crippen MR) is 309 cm³/mol. The zero-order chi connectivity index (χ0) is 56.0. The highest BCUT2D eigenvalue weighted by Crippen LogP contribution is 2.30. The second-order valence-electron chi connectivity index (χ2n) is 22.5. The van der Waals surface area contributed by atoms with Crippen LogP contribution in [0.5, 0.6) is 0 Å². The van der Waals surface area contributed by atoms with Crippen LogP contribution in [0.4, 0.5) is 0 Å². The van der Waals surface area contributed by atoms with Crippen LogP contribution in [0.2, 0.25) is 0 Å². The first-order chi connectivity index (χ1) is 37.6. The lowest BCUT2D eigenvalue weighted by Crippen LogP contribution is -2.65. The molecular formula is C63H117NO13. The van der Waals surface area contributed by atoms with E-state index in [2.05, 4.69) is 30.5 Å². The molecule has 77 heavy (non-hydrogen) atoms. The van der Waals surface area contributed by atoms with E-state index >= 15 is 0 Å². The number of rotatable bonds is 51. The normalized spacial score (nSPS) is 24.9. The molecule has 0 radical (unpaired) electrons. The second-order valence-corrected chi connectivity index (χ2v) is 22.5. The number of allylic oxidation sites excluding steroid dienone is 5. The van der Waals surface area contributed by atoms with Gasteiger partial charge in [-0.25, -0.2) is 0 Å². The van der Waals surface area contributed by atoms with Gasteiger partial charge in [-0.1, -0.05) is 255 Å². The Balaban J connectivity index is 1.56. The van der Waals surface area contributed by atoms with Crippen molar-refractivity contribution in [3.8, 4) is 0 Å². The molecule has 1 amide bonds. The number of nitrogens with one attached hydrogen (secondary N) is 1. The summed E-state index contributed by atoms with van der Waals surface area (Å²) in [6.07, 6.45) is 44.2. The van der Waals surface area contributed by atoms with Crippen LogP contribution in [0, 0.1) is 0 Å². The van der Waals surface area contributed by atoms with Gasteiger partial charge in [0.25, 0.3) is 0 Å². The molecule has 14 nitrogen and oxygen atoms in total. The first-order valence-corrected chi connectivity index (χ1v) is 31.7. The van der Waals surface area contributed by atoms with Crippen LogP contribution in [0.1, 0.15) is 264 Å². The summed E-state index contributed by atoms with van der Waals surface area (Å²) < 4.78 is 22.7. The largest absolute Gasteiger partial charge is 0.394 e. The minimum atomic E-state index is -1.79. The summed E-state index contributed by atoms with van der Waals surface area (Å²) >= 11 is 0. The fourth-order valence-electron chi connectivity index (χ4n) is 10.6. The number of hydrogen-bond donors (Lipinski definition) is 9. The van der Waals surface area contributed by atoms with Gasteiger partial charge in [-0.2, -0.15) is 0 Å². The van der Waals surface area contributed by atoms with Gasteiger partial charge in [0.05, 0.1) is 32.0 Å². The van der Waals surface area contributed by atoms with Crippen molar-refractivity contribution in [3.63, 3.8) is 0 Å². The molecule has 452 valence electrons. The number of ether oxygens (including phenoxy) is 4. The molecule has 2 aliphatic rings. The van der Waals surface area contributed by atoms with Gasteiger partial charge in [0, 0.05) is 6.42 Å². The highest BCUT2D eigenvalue weighted by molar-refractivity contribution is 5.76. The zero-order valence-electron chi connectivity index (χ0n) is 48.7. The molecular weight excluding hydrogens is 979 g/mol. The predicted octanol–water partition coefficient (Wildman–Crippen LogP) is 11.4. The van der Waals surface area contributed by atoms with Crippen molar-refractivity contribution >= 4 is 5.91 Å². The van der Waals surface area contributed by atoms with Crippen LogP contribution < -0.4 is 5.32 Å². The summed E-state index contributed by atoms with van der Waals surface area (Å²) in [6, 6.07) is -0.933. The third-order valence-corrected chi connectivity index (χ3v) is 15.7. The van der Waals surface area contributed by atoms with Crippen molar-refractivity contribution in [2.24, 2.45) is 0 Å². The second kappa shape index (κ2) is 48.9. The average molecular weight is 1100 g/mol. The Kier molecular flexibility index (Phi) is 45.3. The van der Waals surface area contributed by atoms with E-state index in [0.717, 1.165) is 38.5 Å². The monoisotopic (exact) mass is 1100 g/mol. The summed E-state index contributed by atoms with van der Waals surface area (Å²) in [7, 11) is 0. The summed E-state index contributed by atoms with van der Waals surface area (Å²) in [6.45, 7) is 2.55. The van der Waals surface area contributed by atoms with E-state index < -0.39 is 86.8 Å². The lowest BCUT2D eigenvalue weighted by molar-refractivity contribution is -0.359. The van der Waals surface area contributed by atoms with Gasteiger partial charge in [-0.15, -0.1) is 0 Å². The smallest absolute Gasteiger partial charge is 0.220 e. The molecule has 0 saturated carbocycles. The average Bonchev–Trinajstić information content (AvgIpc) is 3.43. The Hall–Kier alpha value is -1.79. The maximum absolute atomic E-state index is 13.2. The summed E-state index contributed by atoms with van der Waals surface area (Å²) in [5.41, 5.74) is 0. The van der Waals surface area contributed by atoms with Crippen LogP contribution in [0.3, 0.4) is 0 Å². The summed E-state index contributed by atoms with van der Waals surface area (Å²) in [5, 5.41) is 86.8. The standard InChI is InChI=1S/C63H117NO13/c1-3-5-7-9-11-13-14-15-16-17-18-19-20-21-22-23-24-25-26-27-28-29-30-31-32-33-34-35-36-37-39-41-43-45-47-55(68)64-51(52(67)46-44-42-40-38-12-10-8-6-4-2)50-74-62-60(73)58(71)61(54(49-66)76-62)77-63-59(72)57(70)56(69)53(48-65)75-63/h4,6,12,38,44,46,51-54,56-63,65-67,69-73H,3,5,7-11,13-37,39-43,45,47-50H2,1-2H3,(H,64,68)/b6-4+,38-12+,46-44+. The third-order valence-electron chi connectivity index (χ3n) is 15.7. The molecule has 0 bridgehead atoms. The van der Waals surface area contributed by atoms with Gasteiger partial charge in [0.1, 0.15) is 48.8 Å². The molecule has 2 fully saturated rings. The fraction of sp³-hybridized carbons (Fsp3) is 0.889. The molecule has 0 aromatic carbocycles. The van der Waals surface area contributed by atoms with Crippen molar-refractivity contribution in [2.45, 2.75) is 338 Å². The molecule has 0 aromatic heterocycles. The van der Waals surface area contributed by atoms with Crippen LogP contribution >= 0.6 is 0 Å². The fourth-order valence-corrected chi connectivity index (χ4v) is 10.6. The van der Waals surface area contributed by atoms with Crippen LogP contribution in [-0.2, 0) is 23.7 Å². The Bertz CT molecular complexity index is 1430. The highest BCUT2D eigenvalue weighted by Gasteiger charge is 2.51. The molecule has 0 aliphatic carbocycles. The van der Waals surface area contributed by atoms with Crippen LogP contribution in [-0.4, -0.2) is 140 Å². The molecule has 2 aliphatic heterocycles. The minimum absolute atomic E-state index is 0.252. The zero-order valence-corrected chi connectivity index (χ0v) is 48.7. The van der Waals surface area contributed by atoms with Gasteiger partial charge >= 0.3 is 0 Å². The van der Waals surface area contributed by atoms with E-state index in [-0.39, 0.29) is 18.9 Å². The minimum Gasteiger partial charge on any atom is -0.394 e. The number of carbonyl (C=O) groups is 1. The van der Waals surface area contributed by atoms with Gasteiger partial charge in [-0.3, -0.25) is 4.79 Å². The van der Waals surface area contributed by atoms with E-state index in [1.165, 1.54) is 193 Å². The van der Waals surface area contributed by atoms with Gasteiger partial charge in [0.15, 0.2) is 12.6 Å². The molecule has 12 atom stereocenters. The lowest BCUT2D eigenvalue weighted by Gasteiger charge is -2.46. The van der Waals surface area contributed by atoms with E-state index in [0.29, 0.717) is 12.8 Å². The quantitative estimate of drug-likeness (QED) is 0.0204. The van der Waals surface area contributed by atoms with Gasteiger partial charge < -0.3 is 65.1 Å². The van der Waals surface area contributed by atoms with Crippen molar-refractivity contribution < 1.29 is 64.6 Å². The van der Waals surface area contributed by atoms with Crippen molar-refractivity contribution in [1.82, 2.24) is 5.32 Å². The molecule has 0 aromatic rings. The number of aliphatic hydroxyl groups excluding tert-OH is 8. The molecule has 2 saturated heterocycles. The molecule has 12 unspecified atom stereocenters. The number of unbranched alkanes of at least 4 members (excludes halogenated alkanes) is 35. The Morgan fingerprint density at radius 3 is 1.27 bits per heavy atom. The van der Waals surface area contributed by atoms with Crippen molar-refractivity contribution in [1.29, 1.82) is 0 Å². The topological polar surface area (TPSA) is 228 Å². The van der Waals surface area contributed by atoms with Gasteiger partial charge in [-0.05, 0) is 39.0 Å². The van der Waals surface area contributed by atoms with Crippen LogP contribution in [0.15, 0.2) is 36.5 Å². The molecule has 9 N–H and O–H groups in total. The number of hydrogen-bond acceptors (Lipinski definition) is 13. The van der Waals surface area contributed by atoms with E-state index in [1.54, 1.807) is 6.08 Å². The molecule has 14 heteroatoms. The maximum Gasteiger partial charge on any atom is 0.220 e. The van der Waals surface area contributed by atoms with Crippen molar-refractivity contribution in [3.05, 3.63) is 36.5 Å². The first-order valence-electron chi connectivity index (χ1n) is 31.7. The van der Waals surface area contributed by atoms with E-state index in [1.807, 2.05) is 19.1 Å². The number of carbonyl (C=O) groups excluding carboxylic acids is 1. The Morgan fingerprint density at radius 2 is 0.857 bits per heavy atom. The maximum atomic E-state index is 13.2. The molecule has 0 spiro atoms. The molecule has 2 rings (SSSR count). The number of aliphatic hydroxyl groups is 8. The van der Waals surface area contributed by atoms with Crippen molar-refractivity contribution in [2.75, 3.05) is 19.8 Å². The van der Waals surface area contributed by atoms with Crippen LogP contribution in [0.25, 0.3) is 0 Å². The Labute approximate surface area is 468 Å². The Morgan fingerprint density at radius 1 is 0.481 bits per heavy atom. The first kappa shape index (κ1) is 71.3. The highest BCUT2D eigenvalue weighted by atomic mass is 16.7. The summed E-state index contributed by atoms with van der Waals surface area (Å²) in [4.78, 5) is 13.2. The molecule has 2 heterocycles. The summed E-state index contributed by atoms with van der Waals surface area (Å²) in [5.74, 6) is -0.252. The lowest BCUT2D eigenvalue weighted by atomic mass is 9.97. The third kappa shape index (κ3) is 34.3. The SMILES string of the molecule is C/C=C/CC/C=C/CC/C=C/C(O)C(COC1OC(CO)C(OC2OC(CO)C(O)C(O)C2O)C(O)C1O)NC(=O)CCCCCCCCCCCCCCCCCCCCCCCCCCCCCCCCCCCC. The van der Waals surface area contributed by atoms with E-state index in [9.17, 15) is 45.6 Å². The van der Waals surface area contributed by atoms with E-state index in [4.69, 9.17) is 18.9 Å². The van der Waals surface area contributed by atoms with Gasteiger partial charge in [0.2, 0.25) is 5.91 Å².